The number of carbonyl (C=O) groups is 1. The first-order valence-electron chi connectivity index (χ1n) is 8.65. The molecule has 27 heavy (non-hydrogen) atoms. The van der Waals surface area contributed by atoms with Crippen molar-refractivity contribution in [3.05, 3.63) is 35.2 Å². The Balaban J connectivity index is 1.66. The van der Waals surface area contributed by atoms with Crippen LogP contribution in [-0.2, 0) is 13.0 Å². The molecule has 0 fully saturated rings. The van der Waals surface area contributed by atoms with Crippen LogP contribution in [0.2, 0.25) is 0 Å². The molecule has 1 aliphatic rings. The van der Waals surface area contributed by atoms with Crippen molar-refractivity contribution in [3.63, 3.8) is 0 Å². The molecule has 3 aromatic rings. The predicted molar refractivity (Wildman–Crippen MR) is 99.9 cm³/mol. The molecular formula is C17H21N9O. The van der Waals surface area contributed by atoms with Crippen molar-refractivity contribution >= 4 is 23.3 Å². The van der Waals surface area contributed by atoms with Gasteiger partial charge in [-0.1, -0.05) is 0 Å². The van der Waals surface area contributed by atoms with Crippen LogP contribution in [0.4, 0.5) is 11.8 Å². The number of nitrogens with zero attached hydrogens (tertiary/aromatic N) is 9. The smallest absolute Gasteiger partial charge is 0.254 e. The molecule has 10 heteroatoms. The van der Waals surface area contributed by atoms with E-state index in [4.69, 9.17) is 0 Å². The first-order chi connectivity index (χ1) is 12.9. The van der Waals surface area contributed by atoms with Gasteiger partial charge >= 0.3 is 0 Å². The van der Waals surface area contributed by atoms with E-state index in [-0.39, 0.29) is 5.91 Å². The standard InChI is InChI=1S/C17H21N9O/c1-23(2)15-12-6-7-25(10-13(12)18-17(19-15)24(3)4)16(27)11-5-8-26-14(9-11)20-21-22-26/h5,8-9H,6-7,10H2,1-4H3. The third-order valence-corrected chi connectivity index (χ3v) is 4.59. The summed E-state index contributed by atoms with van der Waals surface area (Å²) in [6, 6.07) is 3.44. The summed E-state index contributed by atoms with van der Waals surface area (Å²) in [7, 11) is 7.77. The summed E-state index contributed by atoms with van der Waals surface area (Å²) in [5.74, 6) is 1.50. The van der Waals surface area contributed by atoms with Gasteiger partial charge < -0.3 is 14.7 Å². The molecule has 4 rings (SSSR count). The summed E-state index contributed by atoms with van der Waals surface area (Å²) >= 11 is 0. The minimum Gasteiger partial charge on any atom is -0.362 e. The lowest BCUT2D eigenvalue weighted by atomic mass is 10.0. The molecule has 10 nitrogen and oxygen atoms in total. The zero-order valence-corrected chi connectivity index (χ0v) is 15.8. The van der Waals surface area contributed by atoms with Gasteiger partial charge in [-0.2, -0.15) is 4.98 Å². The SMILES string of the molecule is CN(C)c1nc2c(c(N(C)C)n1)CCN(C(=O)c1ccn3nnnc3c1)C2. The molecule has 0 atom stereocenters. The van der Waals surface area contributed by atoms with Crippen LogP contribution in [0.25, 0.3) is 5.65 Å². The van der Waals surface area contributed by atoms with E-state index in [2.05, 4.69) is 25.5 Å². The Morgan fingerprint density at radius 2 is 1.96 bits per heavy atom. The Labute approximate surface area is 156 Å². The maximum atomic E-state index is 13.0. The minimum absolute atomic E-state index is 0.0532. The second kappa shape index (κ2) is 6.45. The normalized spacial score (nSPS) is 13.6. The van der Waals surface area contributed by atoms with E-state index in [0.29, 0.717) is 30.2 Å². The molecule has 0 bridgehead atoms. The van der Waals surface area contributed by atoms with Crippen LogP contribution in [0.15, 0.2) is 18.3 Å². The van der Waals surface area contributed by atoms with Gasteiger partial charge in [-0.3, -0.25) is 4.79 Å². The number of aromatic nitrogens is 6. The zero-order chi connectivity index (χ0) is 19.1. The van der Waals surface area contributed by atoms with E-state index >= 15 is 0 Å². The average Bonchev–Trinajstić information content (AvgIpc) is 3.13. The van der Waals surface area contributed by atoms with Crippen molar-refractivity contribution in [1.29, 1.82) is 0 Å². The van der Waals surface area contributed by atoms with Crippen molar-refractivity contribution in [2.24, 2.45) is 0 Å². The van der Waals surface area contributed by atoms with Gasteiger partial charge in [-0.15, -0.1) is 5.10 Å². The van der Waals surface area contributed by atoms with Crippen molar-refractivity contribution in [1.82, 2.24) is 34.9 Å². The minimum atomic E-state index is -0.0532. The molecule has 140 valence electrons. The summed E-state index contributed by atoms with van der Waals surface area (Å²) in [5.41, 5.74) is 3.11. The topological polar surface area (TPSA) is 95.7 Å². The average molecular weight is 367 g/mol. The van der Waals surface area contributed by atoms with E-state index in [9.17, 15) is 4.79 Å². The highest BCUT2D eigenvalue weighted by molar-refractivity contribution is 5.95. The van der Waals surface area contributed by atoms with Crippen molar-refractivity contribution < 1.29 is 4.79 Å². The molecule has 1 aliphatic heterocycles. The van der Waals surface area contributed by atoms with Crippen LogP contribution in [0, 0.1) is 0 Å². The van der Waals surface area contributed by atoms with Crippen LogP contribution in [0.1, 0.15) is 21.6 Å². The highest BCUT2D eigenvalue weighted by Gasteiger charge is 2.27. The molecule has 0 unspecified atom stereocenters. The molecule has 0 saturated carbocycles. The summed E-state index contributed by atoms with van der Waals surface area (Å²) in [4.78, 5) is 28.0. The summed E-state index contributed by atoms with van der Waals surface area (Å²) in [6.07, 6.45) is 2.41. The molecule has 1 amide bonds. The molecule has 4 heterocycles. The molecule has 0 saturated heterocycles. The Morgan fingerprint density at radius 1 is 1.15 bits per heavy atom. The van der Waals surface area contributed by atoms with Crippen LogP contribution in [-0.4, -0.2) is 75.6 Å². The third-order valence-electron chi connectivity index (χ3n) is 4.59. The molecular weight excluding hydrogens is 346 g/mol. The van der Waals surface area contributed by atoms with Crippen molar-refractivity contribution in [2.75, 3.05) is 44.5 Å². The summed E-state index contributed by atoms with van der Waals surface area (Å²) in [5, 5.41) is 11.3. The van der Waals surface area contributed by atoms with E-state index in [0.717, 1.165) is 23.5 Å². The molecule has 0 spiro atoms. The number of rotatable bonds is 3. The Morgan fingerprint density at radius 3 is 2.70 bits per heavy atom. The zero-order valence-electron chi connectivity index (χ0n) is 15.8. The maximum absolute atomic E-state index is 13.0. The lowest BCUT2D eigenvalue weighted by molar-refractivity contribution is 0.0732. The van der Waals surface area contributed by atoms with E-state index in [1.165, 1.54) is 4.52 Å². The number of tetrazole rings is 1. The van der Waals surface area contributed by atoms with E-state index < -0.39 is 0 Å². The maximum Gasteiger partial charge on any atom is 0.254 e. The van der Waals surface area contributed by atoms with Crippen LogP contribution < -0.4 is 9.80 Å². The van der Waals surface area contributed by atoms with Crippen LogP contribution in [0.3, 0.4) is 0 Å². The fourth-order valence-electron chi connectivity index (χ4n) is 3.20. The van der Waals surface area contributed by atoms with Gasteiger partial charge in [0, 0.05) is 52.1 Å². The fraction of sp³-hybridized carbons (Fsp3) is 0.412. The van der Waals surface area contributed by atoms with E-state index in [1.807, 2.05) is 42.9 Å². The van der Waals surface area contributed by atoms with Gasteiger partial charge in [0.25, 0.3) is 5.91 Å². The molecule has 0 radical (unpaired) electrons. The molecule has 3 aromatic heterocycles. The first-order valence-corrected chi connectivity index (χ1v) is 8.65. The quantitative estimate of drug-likeness (QED) is 0.650. The fourth-order valence-corrected chi connectivity index (χ4v) is 3.20. The second-order valence-electron chi connectivity index (χ2n) is 6.94. The van der Waals surface area contributed by atoms with Crippen LogP contribution >= 0.6 is 0 Å². The lowest BCUT2D eigenvalue weighted by Gasteiger charge is -2.31. The number of hydrogen-bond acceptors (Lipinski definition) is 8. The Hall–Kier alpha value is -3.30. The van der Waals surface area contributed by atoms with Crippen molar-refractivity contribution in [2.45, 2.75) is 13.0 Å². The van der Waals surface area contributed by atoms with E-state index in [1.54, 1.807) is 18.3 Å². The van der Waals surface area contributed by atoms with Gasteiger partial charge in [-0.05, 0) is 29.0 Å². The lowest BCUT2D eigenvalue weighted by Crippen LogP contribution is -2.37. The molecule has 0 aromatic carbocycles. The van der Waals surface area contributed by atoms with Crippen LogP contribution in [0.5, 0.6) is 0 Å². The number of hydrogen-bond donors (Lipinski definition) is 0. The van der Waals surface area contributed by atoms with Gasteiger partial charge in [-0.25, -0.2) is 9.50 Å². The summed E-state index contributed by atoms with van der Waals surface area (Å²) < 4.78 is 1.53. The summed E-state index contributed by atoms with van der Waals surface area (Å²) in [6.45, 7) is 1.07. The third kappa shape index (κ3) is 3.03. The largest absolute Gasteiger partial charge is 0.362 e. The number of anilines is 2. The highest BCUT2D eigenvalue weighted by atomic mass is 16.2. The number of fused-ring (bicyclic) bond motifs is 2. The Bertz CT molecular complexity index is 1010. The number of carbonyl (C=O) groups excluding carboxylic acids is 1. The molecule has 0 aliphatic carbocycles. The first kappa shape index (κ1) is 17.1. The van der Waals surface area contributed by atoms with Crippen molar-refractivity contribution in [3.8, 4) is 0 Å². The highest BCUT2D eigenvalue weighted by Crippen LogP contribution is 2.28. The van der Waals surface area contributed by atoms with Gasteiger partial charge in [0.05, 0.1) is 12.2 Å². The van der Waals surface area contributed by atoms with Gasteiger partial charge in [0.15, 0.2) is 5.65 Å². The number of amides is 1. The molecule has 0 N–H and O–H groups in total. The Kier molecular flexibility index (Phi) is 4.09. The van der Waals surface area contributed by atoms with Gasteiger partial charge in [0.1, 0.15) is 5.82 Å². The second-order valence-corrected chi connectivity index (χ2v) is 6.94. The monoisotopic (exact) mass is 367 g/mol. The number of pyridine rings is 1. The predicted octanol–water partition coefficient (Wildman–Crippen LogP) is 0.245. The van der Waals surface area contributed by atoms with Gasteiger partial charge in [0.2, 0.25) is 5.95 Å².